The molecule has 0 aliphatic heterocycles. The smallest absolute Gasteiger partial charge is 0.131 e. The van der Waals surface area contributed by atoms with Crippen molar-refractivity contribution >= 4 is 28.1 Å². The van der Waals surface area contributed by atoms with E-state index in [2.05, 4.69) is 10.3 Å². The first kappa shape index (κ1) is 12.8. The van der Waals surface area contributed by atoms with E-state index in [0.717, 1.165) is 22.0 Å². The van der Waals surface area contributed by atoms with Gasteiger partial charge in [0, 0.05) is 24.0 Å². The highest BCUT2D eigenvalue weighted by atomic mass is 35.5. The average Bonchev–Trinajstić information content (AvgIpc) is 2.46. The van der Waals surface area contributed by atoms with Gasteiger partial charge in [0.15, 0.2) is 0 Å². The van der Waals surface area contributed by atoms with Gasteiger partial charge in [-0.1, -0.05) is 41.9 Å². The first-order chi connectivity index (χ1) is 9.74. The van der Waals surface area contributed by atoms with Crippen molar-refractivity contribution in [3.63, 3.8) is 0 Å². The molecule has 0 atom stereocenters. The zero-order valence-corrected chi connectivity index (χ0v) is 11.4. The van der Waals surface area contributed by atoms with Crippen LogP contribution in [0.15, 0.2) is 54.7 Å². The molecule has 0 spiro atoms. The van der Waals surface area contributed by atoms with Crippen LogP contribution < -0.4 is 5.32 Å². The molecule has 3 aromatic rings. The van der Waals surface area contributed by atoms with E-state index in [9.17, 15) is 5.11 Å². The minimum absolute atomic E-state index is 0.288. The molecule has 4 heteroatoms. The third kappa shape index (κ3) is 2.53. The second kappa shape index (κ2) is 5.39. The molecule has 0 aliphatic rings. The van der Waals surface area contributed by atoms with Gasteiger partial charge in [0.25, 0.3) is 0 Å². The van der Waals surface area contributed by atoms with Crippen LogP contribution in [0.5, 0.6) is 5.75 Å². The number of phenols is 1. The Labute approximate surface area is 121 Å². The minimum Gasteiger partial charge on any atom is -0.508 e. The maximum Gasteiger partial charge on any atom is 0.131 e. The maximum absolute atomic E-state index is 10.1. The number of fused-ring (bicyclic) bond motifs is 1. The lowest BCUT2D eigenvalue weighted by atomic mass is 10.0. The Morgan fingerprint density at radius 3 is 2.80 bits per heavy atom. The van der Waals surface area contributed by atoms with E-state index >= 15 is 0 Å². The second-order valence-corrected chi connectivity index (χ2v) is 4.89. The van der Waals surface area contributed by atoms with Gasteiger partial charge in [0.05, 0.1) is 0 Å². The number of hydrogen-bond acceptors (Lipinski definition) is 3. The number of anilines is 1. The monoisotopic (exact) mass is 284 g/mol. The lowest BCUT2D eigenvalue weighted by Gasteiger charge is -2.11. The van der Waals surface area contributed by atoms with E-state index in [1.165, 1.54) is 0 Å². The lowest BCUT2D eigenvalue weighted by Crippen LogP contribution is -2.00. The van der Waals surface area contributed by atoms with Crippen molar-refractivity contribution in [2.24, 2.45) is 0 Å². The molecule has 1 aromatic heterocycles. The van der Waals surface area contributed by atoms with E-state index in [0.29, 0.717) is 11.7 Å². The number of pyridine rings is 1. The number of hydrogen-bond donors (Lipinski definition) is 2. The van der Waals surface area contributed by atoms with Gasteiger partial charge in [0.1, 0.15) is 10.9 Å². The van der Waals surface area contributed by atoms with Crippen LogP contribution in [0.3, 0.4) is 0 Å². The molecule has 0 fully saturated rings. The standard InChI is InChI=1S/C16H13ClN2O/c17-16-9-12(7-8-18-16)19-10-14-13-4-2-1-3-11(13)5-6-15(14)20/h1-9,20H,10H2,(H,18,19). The van der Waals surface area contributed by atoms with Gasteiger partial charge in [-0.2, -0.15) is 0 Å². The van der Waals surface area contributed by atoms with Crippen LogP contribution in [0.2, 0.25) is 5.15 Å². The quantitative estimate of drug-likeness (QED) is 0.708. The summed E-state index contributed by atoms with van der Waals surface area (Å²) in [6.07, 6.45) is 1.65. The molecule has 3 rings (SSSR count). The average molecular weight is 285 g/mol. The third-order valence-electron chi connectivity index (χ3n) is 3.21. The van der Waals surface area contributed by atoms with Crippen LogP contribution in [-0.2, 0) is 6.54 Å². The number of nitrogens with zero attached hydrogens (tertiary/aromatic N) is 1. The highest BCUT2D eigenvalue weighted by Gasteiger charge is 2.06. The molecule has 2 aromatic carbocycles. The number of rotatable bonds is 3. The Kier molecular flexibility index (Phi) is 3.44. The summed E-state index contributed by atoms with van der Waals surface area (Å²) in [5, 5.41) is 15.9. The van der Waals surface area contributed by atoms with Gasteiger partial charge >= 0.3 is 0 Å². The second-order valence-electron chi connectivity index (χ2n) is 4.51. The molecule has 0 amide bonds. The van der Waals surface area contributed by atoms with E-state index in [4.69, 9.17) is 11.6 Å². The Hall–Kier alpha value is -2.26. The fourth-order valence-corrected chi connectivity index (χ4v) is 2.39. The summed E-state index contributed by atoms with van der Waals surface area (Å²) in [5.74, 6) is 0.288. The van der Waals surface area contributed by atoms with Crippen molar-refractivity contribution < 1.29 is 5.11 Å². The summed E-state index contributed by atoms with van der Waals surface area (Å²) in [7, 11) is 0. The molecule has 0 radical (unpaired) electrons. The fourth-order valence-electron chi connectivity index (χ4n) is 2.21. The molecule has 0 aliphatic carbocycles. The van der Waals surface area contributed by atoms with Gasteiger partial charge in [-0.15, -0.1) is 0 Å². The Bertz CT molecular complexity index is 758. The topological polar surface area (TPSA) is 45.1 Å². The molecular weight excluding hydrogens is 272 g/mol. The van der Waals surface area contributed by atoms with Crippen molar-refractivity contribution in [3.05, 3.63) is 65.4 Å². The summed E-state index contributed by atoms with van der Waals surface area (Å²) in [4.78, 5) is 3.94. The number of aromatic nitrogens is 1. The van der Waals surface area contributed by atoms with Crippen LogP contribution in [-0.4, -0.2) is 10.1 Å². The molecule has 100 valence electrons. The maximum atomic E-state index is 10.1. The zero-order valence-electron chi connectivity index (χ0n) is 10.7. The predicted molar refractivity (Wildman–Crippen MR) is 82.2 cm³/mol. The SMILES string of the molecule is Oc1ccc2ccccc2c1CNc1ccnc(Cl)c1. The molecule has 0 unspecified atom stereocenters. The zero-order chi connectivity index (χ0) is 13.9. The van der Waals surface area contributed by atoms with Crippen LogP contribution in [0, 0.1) is 0 Å². The third-order valence-corrected chi connectivity index (χ3v) is 3.42. The molecule has 2 N–H and O–H groups in total. The highest BCUT2D eigenvalue weighted by Crippen LogP contribution is 2.28. The van der Waals surface area contributed by atoms with Gasteiger partial charge in [-0.25, -0.2) is 4.98 Å². The summed E-state index contributed by atoms with van der Waals surface area (Å²) in [6, 6.07) is 15.2. The number of halogens is 1. The van der Waals surface area contributed by atoms with Crippen LogP contribution in [0.1, 0.15) is 5.56 Å². The predicted octanol–water partition coefficient (Wildman–Crippen LogP) is 4.21. The molecule has 3 nitrogen and oxygen atoms in total. The Morgan fingerprint density at radius 1 is 1.10 bits per heavy atom. The van der Waals surface area contributed by atoms with E-state index in [1.807, 2.05) is 36.4 Å². The van der Waals surface area contributed by atoms with Crippen molar-refractivity contribution in [1.29, 1.82) is 0 Å². The molecule has 1 heterocycles. The van der Waals surface area contributed by atoms with Gasteiger partial charge in [-0.3, -0.25) is 0 Å². The van der Waals surface area contributed by atoms with Gasteiger partial charge < -0.3 is 10.4 Å². The van der Waals surface area contributed by atoms with Crippen LogP contribution >= 0.6 is 11.6 Å². The molecule has 0 saturated heterocycles. The molecular formula is C16H13ClN2O. The lowest BCUT2D eigenvalue weighted by molar-refractivity contribution is 0.470. The summed E-state index contributed by atoms with van der Waals surface area (Å²) < 4.78 is 0. The molecule has 0 bridgehead atoms. The van der Waals surface area contributed by atoms with Gasteiger partial charge in [-0.05, 0) is 29.0 Å². The van der Waals surface area contributed by atoms with Crippen molar-refractivity contribution in [2.45, 2.75) is 6.54 Å². The van der Waals surface area contributed by atoms with Crippen molar-refractivity contribution in [2.75, 3.05) is 5.32 Å². The summed E-state index contributed by atoms with van der Waals surface area (Å²) >= 11 is 5.85. The highest BCUT2D eigenvalue weighted by molar-refractivity contribution is 6.29. The molecule has 0 saturated carbocycles. The minimum atomic E-state index is 0.288. The van der Waals surface area contributed by atoms with Crippen molar-refractivity contribution in [1.82, 2.24) is 4.98 Å². The van der Waals surface area contributed by atoms with Crippen LogP contribution in [0.25, 0.3) is 10.8 Å². The fraction of sp³-hybridized carbons (Fsp3) is 0.0625. The first-order valence-electron chi connectivity index (χ1n) is 6.29. The van der Waals surface area contributed by atoms with Gasteiger partial charge in [0.2, 0.25) is 0 Å². The van der Waals surface area contributed by atoms with E-state index < -0.39 is 0 Å². The first-order valence-corrected chi connectivity index (χ1v) is 6.67. The number of nitrogens with one attached hydrogen (secondary N) is 1. The van der Waals surface area contributed by atoms with E-state index in [-0.39, 0.29) is 5.75 Å². The van der Waals surface area contributed by atoms with Crippen LogP contribution in [0.4, 0.5) is 5.69 Å². The Morgan fingerprint density at radius 2 is 1.95 bits per heavy atom. The van der Waals surface area contributed by atoms with E-state index in [1.54, 1.807) is 18.3 Å². The Balaban J connectivity index is 1.92. The summed E-state index contributed by atoms with van der Waals surface area (Å²) in [5.41, 5.74) is 1.74. The largest absolute Gasteiger partial charge is 0.508 e. The normalized spacial score (nSPS) is 10.7. The molecule has 20 heavy (non-hydrogen) atoms. The number of benzene rings is 2. The van der Waals surface area contributed by atoms with Crippen molar-refractivity contribution in [3.8, 4) is 5.75 Å². The summed E-state index contributed by atoms with van der Waals surface area (Å²) in [6.45, 7) is 0.521. The number of phenolic OH excluding ortho intramolecular Hbond substituents is 1. The number of aromatic hydroxyl groups is 1.